The van der Waals surface area contributed by atoms with Crippen molar-refractivity contribution in [3.63, 3.8) is 0 Å². The summed E-state index contributed by atoms with van der Waals surface area (Å²) < 4.78 is 11.4. The highest BCUT2D eigenvalue weighted by molar-refractivity contribution is 9.10. The lowest BCUT2D eigenvalue weighted by atomic mass is 10.2. The lowest BCUT2D eigenvalue weighted by molar-refractivity contribution is 0.0947. The Kier molecular flexibility index (Phi) is 5.83. The number of rotatable bonds is 6. The highest BCUT2D eigenvalue weighted by Crippen LogP contribution is 2.25. The largest absolute Gasteiger partial charge is 0.496 e. The quantitative estimate of drug-likeness (QED) is 0.798. The number of nitrogens with one attached hydrogen (secondary N) is 1. The van der Waals surface area contributed by atoms with Crippen LogP contribution in [-0.2, 0) is 0 Å². The van der Waals surface area contributed by atoms with E-state index in [1.165, 1.54) is 5.56 Å². The van der Waals surface area contributed by atoms with Crippen molar-refractivity contribution in [2.75, 3.05) is 20.3 Å². The average Bonchev–Trinajstić information content (AvgIpc) is 2.53. The van der Waals surface area contributed by atoms with Crippen LogP contribution in [-0.4, -0.2) is 26.2 Å². The number of hydrogen-bond acceptors (Lipinski definition) is 3. The van der Waals surface area contributed by atoms with Gasteiger partial charge in [-0.15, -0.1) is 0 Å². The number of halogens is 1. The van der Waals surface area contributed by atoms with Crippen LogP contribution in [0.25, 0.3) is 0 Å². The van der Waals surface area contributed by atoms with Gasteiger partial charge in [0.15, 0.2) is 0 Å². The molecule has 1 amide bonds. The Morgan fingerprint density at radius 3 is 2.55 bits per heavy atom. The molecule has 1 N–H and O–H groups in total. The zero-order valence-electron chi connectivity index (χ0n) is 12.6. The molecule has 0 heterocycles. The van der Waals surface area contributed by atoms with Crippen molar-refractivity contribution in [1.82, 2.24) is 5.32 Å². The fourth-order valence-corrected chi connectivity index (χ4v) is 2.42. The molecule has 22 heavy (non-hydrogen) atoms. The molecule has 4 nitrogen and oxygen atoms in total. The molecule has 0 aromatic heterocycles. The number of methoxy groups -OCH3 is 1. The second-order valence-corrected chi connectivity index (χ2v) is 5.62. The molecule has 0 aliphatic heterocycles. The molecule has 116 valence electrons. The van der Waals surface area contributed by atoms with Gasteiger partial charge in [0.05, 0.1) is 18.1 Å². The Morgan fingerprint density at radius 2 is 1.91 bits per heavy atom. The SMILES string of the molecule is COc1ccc(C(=O)NCCOc2ccc(C)cc2)cc1Br. The predicted octanol–water partition coefficient (Wildman–Crippen LogP) is 3.57. The van der Waals surface area contributed by atoms with E-state index in [0.29, 0.717) is 24.5 Å². The van der Waals surface area contributed by atoms with Crippen LogP contribution in [0.15, 0.2) is 46.9 Å². The van der Waals surface area contributed by atoms with Gasteiger partial charge in [-0.1, -0.05) is 17.7 Å². The summed E-state index contributed by atoms with van der Waals surface area (Å²) >= 11 is 3.36. The lowest BCUT2D eigenvalue weighted by Gasteiger charge is -2.09. The molecule has 0 spiro atoms. The third kappa shape index (κ3) is 4.49. The van der Waals surface area contributed by atoms with Crippen LogP contribution < -0.4 is 14.8 Å². The van der Waals surface area contributed by atoms with E-state index < -0.39 is 0 Å². The second kappa shape index (κ2) is 7.84. The van der Waals surface area contributed by atoms with E-state index in [-0.39, 0.29) is 5.91 Å². The molecular formula is C17H18BrNO3. The van der Waals surface area contributed by atoms with Gasteiger partial charge < -0.3 is 14.8 Å². The van der Waals surface area contributed by atoms with E-state index in [4.69, 9.17) is 9.47 Å². The van der Waals surface area contributed by atoms with Crippen molar-refractivity contribution >= 4 is 21.8 Å². The summed E-state index contributed by atoms with van der Waals surface area (Å²) in [6.45, 7) is 2.89. The van der Waals surface area contributed by atoms with Gasteiger partial charge in [-0.05, 0) is 53.2 Å². The van der Waals surface area contributed by atoms with Crippen molar-refractivity contribution < 1.29 is 14.3 Å². The van der Waals surface area contributed by atoms with Crippen LogP contribution in [0.3, 0.4) is 0 Å². The van der Waals surface area contributed by atoms with E-state index in [1.54, 1.807) is 25.3 Å². The van der Waals surface area contributed by atoms with Crippen molar-refractivity contribution in [3.8, 4) is 11.5 Å². The number of hydrogen-bond donors (Lipinski definition) is 1. The maximum atomic E-state index is 12.0. The highest BCUT2D eigenvalue weighted by Gasteiger charge is 2.08. The summed E-state index contributed by atoms with van der Waals surface area (Å²) in [6, 6.07) is 13.0. The number of aryl methyl sites for hydroxylation is 1. The van der Waals surface area contributed by atoms with Gasteiger partial charge in [0.1, 0.15) is 18.1 Å². The van der Waals surface area contributed by atoms with Crippen LogP contribution in [0.2, 0.25) is 0 Å². The molecule has 0 atom stereocenters. The van der Waals surface area contributed by atoms with Crippen molar-refractivity contribution in [2.24, 2.45) is 0 Å². The summed E-state index contributed by atoms with van der Waals surface area (Å²) in [5.74, 6) is 1.35. The minimum absolute atomic E-state index is 0.143. The maximum absolute atomic E-state index is 12.0. The highest BCUT2D eigenvalue weighted by atomic mass is 79.9. The van der Waals surface area contributed by atoms with Crippen LogP contribution in [0.4, 0.5) is 0 Å². The average molecular weight is 364 g/mol. The molecule has 2 rings (SSSR count). The lowest BCUT2D eigenvalue weighted by Crippen LogP contribution is -2.28. The number of ether oxygens (including phenoxy) is 2. The van der Waals surface area contributed by atoms with Crippen molar-refractivity contribution in [1.29, 1.82) is 0 Å². The standard InChI is InChI=1S/C17H18BrNO3/c1-12-3-6-14(7-4-12)22-10-9-19-17(20)13-5-8-16(21-2)15(18)11-13/h3-8,11H,9-10H2,1-2H3,(H,19,20). The molecule has 0 saturated heterocycles. The summed E-state index contributed by atoms with van der Waals surface area (Å²) in [5.41, 5.74) is 1.76. The van der Waals surface area contributed by atoms with Crippen LogP contribution in [0, 0.1) is 6.92 Å². The Labute approximate surface area is 138 Å². The first-order valence-electron chi connectivity index (χ1n) is 6.91. The van der Waals surface area contributed by atoms with E-state index in [2.05, 4.69) is 21.2 Å². The predicted molar refractivity (Wildman–Crippen MR) is 89.7 cm³/mol. The first-order chi connectivity index (χ1) is 10.6. The minimum atomic E-state index is -0.143. The fraction of sp³-hybridized carbons (Fsp3) is 0.235. The van der Waals surface area contributed by atoms with Gasteiger partial charge in [0.2, 0.25) is 0 Å². The normalized spacial score (nSPS) is 10.1. The zero-order chi connectivity index (χ0) is 15.9. The number of carbonyl (C=O) groups is 1. The molecule has 0 saturated carbocycles. The fourth-order valence-electron chi connectivity index (χ4n) is 1.88. The van der Waals surface area contributed by atoms with E-state index in [9.17, 15) is 4.79 Å². The zero-order valence-corrected chi connectivity index (χ0v) is 14.1. The maximum Gasteiger partial charge on any atom is 0.251 e. The van der Waals surface area contributed by atoms with Gasteiger partial charge >= 0.3 is 0 Å². The first kappa shape index (κ1) is 16.4. The third-order valence-corrected chi connectivity index (χ3v) is 3.71. The van der Waals surface area contributed by atoms with Gasteiger partial charge in [-0.2, -0.15) is 0 Å². The van der Waals surface area contributed by atoms with E-state index in [0.717, 1.165) is 10.2 Å². The minimum Gasteiger partial charge on any atom is -0.496 e. The summed E-state index contributed by atoms with van der Waals surface area (Å²) in [6.07, 6.45) is 0. The van der Waals surface area contributed by atoms with E-state index >= 15 is 0 Å². The molecule has 0 bridgehead atoms. The first-order valence-corrected chi connectivity index (χ1v) is 7.70. The van der Waals surface area contributed by atoms with Crippen LogP contribution >= 0.6 is 15.9 Å². The molecule has 0 aliphatic carbocycles. The number of amides is 1. The molecular weight excluding hydrogens is 346 g/mol. The van der Waals surface area contributed by atoms with Gasteiger partial charge in [0.25, 0.3) is 5.91 Å². The molecule has 0 unspecified atom stereocenters. The monoisotopic (exact) mass is 363 g/mol. The number of carbonyl (C=O) groups excluding carboxylic acids is 1. The van der Waals surface area contributed by atoms with Crippen LogP contribution in [0.5, 0.6) is 11.5 Å². The number of benzene rings is 2. The Balaban J connectivity index is 1.80. The summed E-state index contributed by atoms with van der Waals surface area (Å²) in [7, 11) is 1.59. The van der Waals surface area contributed by atoms with Gasteiger partial charge in [-0.25, -0.2) is 0 Å². The van der Waals surface area contributed by atoms with Crippen molar-refractivity contribution in [2.45, 2.75) is 6.92 Å². The third-order valence-electron chi connectivity index (χ3n) is 3.09. The Hall–Kier alpha value is -2.01. The molecule has 5 heteroatoms. The molecule has 0 aliphatic rings. The van der Waals surface area contributed by atoms with E-state index in [1.807, 2.05) is 31.2 Å². The smallest absolute Gasteiger partial charge is 0.251 e. The van der Waals surface area contributed by atoms with Gasteiger partial charge in [0, 0.05) is 5.56 Å². The molecule has 0 fully saturated rings. The van der Waals surface area contributed by atoms with Gasteiger partial charge in [-0.3, -0.25) is 4.79 Å². The molecule has 0 radical (unpaired) electrons. The Bertz CT molecular complexity index is 641. The topological polar surface area (TPSA) is 47.6 Å². The Morgan fingerprint density at radius 1 is 1.18 bits per heavy atom. The van der Waals surface area contributed by atoms with Crippen LogP contribution in [0.1, 0.15) is 15.9 Å². The van der Waals surface area contributed by atoms with Crippen molar-refractivity contribution in [3.05, 3.63) is 58.1 Å². The molecule has 2 aromatic carbocycles. The summed E-state index contributed by atoms with van der Waals surface area (Å²) in [4.78, 5) is 12.0. The molecule has 2 aromatic rings. The summed E-state index contributed by atoms with van der Waals surface area (Å²) in [5, 5.41) is 2.82. The second-order valence-electron chi connectivity index (χ2n) is 4.77.